The van der Waals surface area contributed by atoms with E-state index in [1.54, 1.807) is 28.4 Å². The third kappa shape index (κ3) is 2.65. The normalized spacial score (nSPS) is 14.3. The first-order valence-corrected chi connectivity index (χ1v) is 9.05. The third-order valence-corrected chi connectivity index (χ3v) is 5.50. The van der Waals surface area contributed by atoms with Crippen LogP contribution in [0, 0.1) is 0 Å². The van der Waals surface area contributed by atoms with Gasteiger partial charge >= 0.3 is 0 Å². The highest BCUT2D eigenvalue weighted by Crippen LogP contribution is 2.47. The number of nitrogens with zero attached hydrogens (tertiary/aromatic N) is 1. The average Bonchev–Trinajstić information content (AvgIpc) is 2.70. The molecule has 0 atom stereocenters. The molecule has 4 rings (SSSR count). The Bertz CT molecular complexity index is 1030. The maximum absolute atomic E-state index is 5.87. The van der Waals surface area contributed by atoms with Crippen molar-refractivity contribution in [3.8, 4) is 23.0 Å². The van der Waals surface area contributed by atoms with E-state index in [1.165, 1.54) is 16.5 Å². The zero-order valence-corrected chi connectivity index (χ0v) is 16.5. The van der Waals surface area contributed by atoms with Gasteiger partial charge in [-0.05, 0) is 47.3 Å². The molecule has 1 aliphatic rings. The van der Waals surface area contributed by atoms with Crippen molar-refractivity contribution in [2.45, 2.75) is 13.0 Å². The standard InChI is InChI=1S/C22H25NO4/c1-23-9-8-14-15-7-6-13-10-18(24-2)19(25-3)11-16(13)20(15)22(27-5)21(26-4)17(14)12-23/h6-7,10-11H,8-9,12H2,1-5H3. The SMILES string of the molecule is COc1cc2ccc3c4c(c(OC)c(OC)c3c2cc1OC)CN(C)CC4. The molecule has 5 nitrogen and oxygen atoms in total. The maximum Gasteiger partial charge on any atom is 0.169 e. The van der Waals surface area contributed by atoms with Gasteiger partial charge in [-0.15, -0.1) is 0 Å². The number of likely N-dealkylation sites (N-methyl/N-ethyl adjacent to an activating group) is 1. The van der Waals surface area contributed by atoms with E-state index in [-0.39, 0.29) is 0 Å². The fourth-order valence-electron chi connectivity index (χ4n) is 4.21. The number of methoxy groups -OCH3 is 4. The summed E-state index contributed by atoms with van der Waals surface area (Å²) in [7, 11) is 8.87. The fraction of sp³-hybridized carbons (Fsp3) is 0.364. The lowest BCUT2D eigenvalue weighted by Crippen LogP contribution is -2.27. The van der Waals surface area contributed by atoms with E-state index in [4.69, 9.17) is 18.9 Å². The van der Waals surface area contributed by atoms with E-state index in [2.05, 4.69) is 24.1 Å². The van der Waals surface area contributed by atoms with Crippen molar-refractivity contribution in [1.29, 1.82) is 0 Å². The summed E-state index contributed by atoms with van der Waals surface area (Å²) in [6, 6.07) is 8.37. The van der Waals surface area contributed by atoms with Crippen molar-refractivity contribution in [3.63, 3.8) is 0 Å². The predicted molar refractivity (Wildman–Crippen MR) is 108 cm³/mol. The molecule has 0 fully saturated rings. The van der Waals surface area contributed by atoms with Crippen molar-refractivity contribution in [1.82, 2.24) is 4.90 Å². The Hall–Kier alpha value is -2.66. The molecule has 0 spiro atoms. The molecular weight excluding hydrogens is 342 g/mol. The van der Waals surface area contributed by atoms with Gasteiger partial charge in [-0.2, -0.15) is 0 Å². The number of rotatable bonds is 4. The summed E-state index contributed by atoms with van der Waals surface area (Å²) in [6.45, 7) is 1.89. The van der Waals surface area contributed by atoms with Crippen molar-refractivity contribution >= 4 is 21.5 Å². The molecular formula is C22H25NO4. The number of hydrogen-bond acceptors (Lipinski definition) is 5. The van der Waals surface area contributed by atoms with Crippen LogP contribution in [0.1, 0.15) is 11.1 Å². The van der Waals surface area contributed by atoms with Gasteiger partial charge in [-0.3, -0.25) is 0 Å². The summed E-state index contributed by atoms with van der Waals surface area (Å²) in [5.41, 5.74) is 2.56. The van der Waals surface area contributed by atoms with E-state index in [0.717, 1.165) is 52.9 Å². The van der Waals surface area contributed by atoms with E-state index in [0.29, 0.717) is 5.75 Å². The highest BCUT2D eigenvalue weighted by molar-refractivity contribution is 6.14. The molecule has 142 valence electrons. The lowest BCUT2D eigenvalue weighted by molar-refractivity contribution is 0.296. The largest absolute Gasteiger partial charge is 0.493 e. The molecule has 0 saturated heterocycles. The Morgan fingerprint density at radius 2 is 1.48 bits per heavy atom. The van der Waals surface area contributed by atoms with E-state index < -0.39 is 0 Å². The van der Waals surface area contributed by atoms with Gasteiger partial charge in [0.05, 0.1) is 28.4 Å². The molecule has 0 saturated carbocycles. The summed E-state index contributed by atoms with van der Waals surface area (Å²) in [6.07, 6.45) is 0.988. The number of ether oxygens (including phenoxy) is 4. The van der Waals surface area contributed by atoms with Gasteiger partial charge < -0.3 is 23.8 Å². The zero-order chi connectivity index (χ0) is 19.1. The first-order valence-electron chi connectivity index (χ1n) is 9.05. The molecule has 0 aromatic heterocycles. The van der Waals surface area contributed by atoms with Crippen LogP contribution in [-0.2, 0) is 13.0 Å². The van der Waals surface area contributed by atoms with E-state index in [9.17, 15) is 0 Å². The molecule has 0 amide bonds. The molecule has 0 N–H and O–H groups in total. The van der Waals surface area contributed by atoms with Crippen molar-refractivity contribution < 1.29 is 18.9 Å². The third-order valence-electron chi connectivity index (χ3n) is 5.50. The van der Waals surface area contributed by atoms with Crippen LogP contribution >= 0.6 is 0 Å². The smallest absolute Gasteiger partial charge is 0.169 e. The summed E-state index contributed by atoms with van der Waals surface area (Å²) in [4.78, 5) is 2.31. The fourth-order valence-corrected chi connectivity index (χ4v) is 4.21. The van der Waals surface area contributed by atoms with E-state index >= 15 is 0 Å². The number of fused-ring (bicyclic) bond motifs is 5. The summed E-state index contributed by atoms with van der Waals surface area (Å²) < 4.78 is 22.7. The van der Waals surface area contributed by atoms with Crippen LogP contribution < -0.4 is 18.9 Å². The Morgan fingerprint density at radius 1 is 0.778 bits per heavy atom. The molecule has 0 bridgehead atoms. The Kier molecular flexibility index (Phi) is 4.48. The minimum absolute atomic E-state index is 0.705. The van der Waals surface area contributed by atoms with Gasteiger partial charge in [-0.1, -0.05) is 12.1 Å². The Balaban J connectivity index is 2.17. The minimum atomic E-state index is 0.705. The molecule has 0 radical (unpaired) electrons. The average molecular weight is 367 g/mol. The van der Waals surface area contributed by atoms with Crippen LogP contribution in [0.5, 0.6) is 23.0 Å². The van der Waals surface area contributed by atoms with Crippen molar-refractivity contribution in [3.05, 3.63) is 35.4 Å². The van der Waals surface area contributed by atoms with Crippen molar-refractivity contribution in [2.24, 2.45) is 0 Å². The number of hydrogen-bond donors (Lipinski definition) is 0. The van der Waals surface area contributed by atoms with E-state index in [1.807, 2.05) is 12.1 Å². The quantitative estimate of drug-likeness (QED) is 0.652. The second kappa shape index (κ2) is 6.82. The first kappa shape index (κ1) is 17.7. The monoisotopic (exact) mass is 367 g/mol. The number of benzene rings is 3. The highest BCUT2D eigenvalue weighted by Gasteiger charge is 2.26. The van der Waals surface area contributed by atoms with Crippen molar-refractivity contribution in [2.75, 3.05) is 42.0 Å². The summed E-state index contributed by atoms with van der Waals surface area (Å²) in [5, 5.41) is 4.43. The van der Waals surface area contributed by atoms with Gasteiger partial charge in [0.25, 0.3) is 0 Å². The van der Waals surface area contributed by atoms with Crippen LogP contribution in [0.15, 0.2) is 24.3 Å². The van der Waals surface area contributed by atoms with Gasteiger partial charge in [0.2, 0.25) is 0 Å². The molecule has 0 aliphatic carbocycles. The predicted octanol–water partition coefficient (Wildman–Crippen LogP) is 4.02. The lowest BCUT2D eigenvalue weighted by atomic mass is 9.89. The Labute approximate surface area is 159 Å². The molecule has 0 unspecified atom stereocenters. The van der Waals surface area contributed by atoms with Crippen LogP contribution in [-0.4, -0.2) is 46.9 Å². The topological polar surface area (TPSA) is 40.2 Å². The molecule has 5 heteroatoms. The van der Waals surface area contributed by atoms with Gasteiger partial charge in [0.15, 0.2) is 23.0 Å². The Morgan fingerprint density at radius 3 is 2.15 bits per heavy atom. The zero-order valence-electron chi connectivity index (χ0n) is 16.5. The second-order valence-corrected chi connectivity index (χ2v) is 6.93. The van der Waals surface area contributed by atoms with Crippen LogP contribution in [0.2, 0.25) is 0 Å². The molecule has 1 heterocycles. The first-order chi connectivity index (χ1) is 13.1. The summed E-state index contributed by atoms with van der Waals surface area (Å²) in [5.74, 6) is 3.03. The van der Waals surface area contributed by atoms with Gasteiger partial charge in [-0.25, -0.2) is 0 Å². The van der Waals surface area contributed by atoms with Gasteiger partial charge in [0, 0.05) is 24.0 Å². The molecule has 3 aromatic carbocycles. The highest BCUT2D eigenvalue weighted by atomic mass is 16.5. The maximum atomic E-state index is 5.87. The second-order valence-electron chi connectivity index (χ2n) is 6.93. The van der Waals surface area contributed by atoms with Gasteiger partial charge in [0.1, 0.15) is 0 Å². The lowest BCUT2D eigenvalue weighted by Gasteiger charge is -2.29. The van der Waals surface area contributed by atoms with Crippen LogP contribution in [0.3, 0.4) is 0 Å². The van der Waals surface area contributed by atoms with Crippen LogP contribution in [0.25, 0.3) is 21.5 Å². The van der Waals surface area contributed by atoms with Crippen LogP contribution in [0.4, 0.5) is 0 Å². The molecule has 1 aliphatic heterocycles. The molecule has 3 aromatic rings. The summed E-state index contributed by atoms with van der Waals surface area (Å²) >= 11 is 0. The minimum Gasteiger partial charge on any atom is -0.493 e. The molecule has 27 heavy (non-hydrogen) atoms.